The van der Waals surface area contributed by atoms with Crippen LogP contribution in [0.15, 0.2) is 79.2 Å². The fourth-order valence-corrected chi connectivity index (χ4v) is 3.86. The van der Waals surface area contributed by atoms with E-state index in [1.807, 2.05) is 29.8 Å². The molecule has 3 aromatic rings. The molecule has 0 saturated heterocycles. The number of nitrogen functional groups attached to an aromatic ring is 1. The number of carbonyl (C=O) groups excluding carboxylic acids is 2. The number of rotatable bonds is 13. The summed E-state index contributed by atoms with van der Waals surface area (Å²) in [5.41, 5.74) is 20.3. The molecule has 2 aromatic carbocycles. The van der Waals surface area contributed by atoms with E-state index in [2.05, 4.69) is 17.2 Å². The second-order valence-electron chi connectivity index (χ2n) is 8.72. The number of nitrogens with two attached hydrogens (primary N) is 3. The van der Waals surface area contributed by atoms with Crippen LogP contribution in [0.2, 0.25) is 0 Å². The number of aromatic nitrogens is 2. The Bertz CT molecular complexity index is 1400. The number of aryl methyl sites for hydroxylation is 1. The molecule has 0 bridgehead atoms. The summed E-state index contributed by atoms with van der Waals surface area (Å²) >= 11 is 0. The third kappa shape index (κ3) is 7.55. The van der Waals surface area contributed by atoms with Gasteiger partial charge in [-0.25, -0.2) is 4.98 Å². The lowest BCUT2D eigenvalue weighted by Crippen LogP contribution is -2.35. The number of anilines is 1. The molecule has 0 unspecified atom stereocenters. The average Bonchev–Trinajstić information content (AvgIpc) is 3.25. The van der Waals surface area contributed by atoms with Gasteiger partial charge in [-0.1, -0.05) is 12.7 Å². The van der Waals surface area contributed by atoms with Crippen LogP contribution in [-0.2, 0) is 18.4 Å². The number of amidine groups is 1. The Morgan fingerprint density at radius 2 is 1.87 bits per heavy atom. The van der Waals surface area contributed by atoms with Gasteiger partial charge in [0.15, 0.2) is 0 Å². The summed E-state index contributed by atoms with van der Waals surface area (Å²) in [6.45, 7) is 5.30. The van der Waals surface area contributed by atoms with Crippen molar-refractivity contribution in [2.75, 3.05) is 25.0 Å². The van der Waals surface area contributed by atoms with E-state index in [9.17, 15) is 9.59 Å². The molecule has 1 heterocycles. The first-order chi connectivity index (χ1) is 18.7. The maximum Gasteiger partial charge on any atom is 0.258 e. The SMILES string of the molecule is C=C(/C=C\C=C/N)N(CCC(=O)NCCN)C(=O)c1ccc2c(c1)nc(CNc1ccc(C(=N)N)cc1)n2C. The first-order valence-corrected chi connectivity index (χ1v) is 12.4. The topological polar surface area (TPSA) is 181 Å². The predicted molar refractivity (Wildman–Crippen MR) is 155 cm³/mol. The number of imidazole rings is 1. The highest BCUT2D eigenvalue weighted by Gasteiger charge is 2.20. The van der Waals surface area contributed by atoms with E-state index < -0.39 is 0 Å². The van der Waals surface area contributed by atoms with Gasteiger partial charge in [-0.3, -0.25) is 15.0 Å². The molecular formula is C28H35N9O2. The van der Waals surface area contributed by atoms with Gasteiger partial charge in [-0.15, -0.1) is 0 Å². The van der Waals surface area contributed by atoms with Crippen LogP contribution in [0, 0.1) is 5.41 Å². The highest BCUT2D eigenvalue weighted by Crippen LogP contribution is 2.21. The Hall–Kier alpha value is -4.90. The number of hydrogen-bond donors (Lipinski definition) is 6. The summed E-state index contributed by atoms with van der Waals surface area (Å²) in [6.07, 6.45) is 6.42. The minimum absolute atomic E-state index is 0.0164. The fourth-order valence-electron chi connectivity index (χ4n) is 3.86. The third-order valence-electron chi connectivity index (χ3n) is 6.00. The van der Waals surface area contributed by atoms with Crippen molar-refractivity contribution in [3.05, 3.63) is 96.1 Å². The van der Waals surface area contributed by atoms with Gasteiger partial charge in [0.2, 0.25) is 5.91 Å². The fraction of sp³-hybridized carbons (Fsp3) is 0.214. The van der Waals surface area contributed by atoms with Crippen molar-refractivity contribution in [1.82, 2.24) is 19.8 Å². The smallest absolute Gasteiger partial charge is 0.258 e. The highest BCUT2D eigenvalue weighted by atomic mass is 16.2. The molecule has 9 N–H and O–H groups in total. The molecule has 3 rings (SSSR count). The van der Waals surface area contributed by atoms with Crippen molar-refractivity contribution in [2.24, 2.45) is 24.2 Å². The van der Waals surface area contributed by atoms with Gasteiger partial charge in [-0.2, -0.15) is 0 Å². The standard InChI is InChI=1S/C28H35N9O2/c1-19(5-3-4-13-29)37(16-12-26(38)33-15-14-30)28(39)21-8-11-24-23(17-21)35-25(36(24)2)18-34-22-9-6-20(7-10-22)27(31)32/h3-11,13,17,34H,1,12,14-16,18,29-30H2,2H3,(H3,31,32)(H,33,38)/b5-3-,13-4-. The lowest BCUT2D eigenvalue weighted by molar-refractivity contribution is -0.121. The van der Waals surface area contributed by atoms with Crippen molar-refractivity contribution in [2.45, 2.75) is 13.0 Å². The molecule has 0 radical (unpaired) electrons. The zero-order valence-electron chi connectivity index (χ0n) is 22.0. The van der Waals surface area contributed by atoms with E-state index in [4.69, 9.17) is 27.6 Å². The third-order valence-corrected chi connectivity index (χ3v) is 6.00. The number of fused-ring (bicyclic) bond motifs is 1. The summed E-state index contributed by atoms with van der Waals surface area (Å²) in [4.78, 5) is 31.9. The zero-order chi connectivity index (χ0) is 28.4. The van der Waals surface area contributed by atoms with Crippen LogP contribution < -0.4 is 27.8 Å². The van der Waals surface area contributed by atoms with Crippen molar-refractivity contribution in [3.8, 4) is 0 Å². The minimum atomic E-state index is -0.300. The lowest BCUT2D eigenvalue weighted by Gasteiger charge is -2.23. The van der Waals surface area contributed by atoms with E-state index in [1.165, 1.54) is 11.1 Å². The Morgan fingerprint density at radius 3 is 2.54 bits per heavy atom. The second-order valence-corrected chi connectivity index (χ2v) is 8.72. The molecular weight excluding hydrogens is 494 g/mol. The molecule has 0 saturated carbocycles. The van der Waals surface area contributed by atoms with Crippen molar-refractivity contribution >= 4 is 34.4 Å². The molecule has 1 aromatic heterocycles. The molecule has 0 aliphatic carbocycles. The average molecular weight is 530 g/mol. The minimum Gasteiger partial charge on any atom is -0.405 e. The van der Waals surface area contributed by atoms with Crippen molar-refractivity contribution < 1.29 is 9.59 Å². The number of amides is 2. The zero-order valence-corrected chi connectivity index (χ0v) is 22.0. The van der Waals surface area contributed by atoms with Gasteiger partial charge in [0.05, 0.1) is 17.6 Å². The van der Waals surface area contributed by atoms with E-state index in [0.717, 1.165) is 17.0 Å². The predicted octanol–water partition coefficient (Wildman–Crippen LogP) is 1.92. The molecule has 2 amide bonds. The summed E-state index contributed by atoms with van der Waals surface area (Å²) in [5.74, 6) is 0.290. The van der Waals surface area contributed by atoms with Crippen LogP contribution in [0.4, 0.5) is 5.69 Å². The Kier molecular flexibility index (Phi) is 9.99. The molecule has 11 nitrogen and oxygen atoms in total. The summed E-state index contributed by atoms with van der Waals surface area (Å²) < 4.78 is 1.96. The van der Waals surface area contributed by atoms with E-state index in [0.29, 0.717) is 42.0 Å². The summed E-state index contributed by atoms with van der Waals surface area (Å²) in [6, 6.07) is 12.6. The van der Waals surface area contributed by atoms with Crippen LogP contribution in [0.5, 0.6) is 0 Å². The number of allylic oxidation sites excluding steroid dienone is 3. The molecule has 0 aliphatic rings. The molecule has 0 spiro atoms. The van der Waals surface area contributed by atoms with Crippen LogP contribution >= 0.6 is 0 Å². The maximum atomic E-state index is 13.5. The van der Waals surface area contributed by atoms with Crippen molar-refractivity contribution in [3.63, 3.8) is 0 Å². The molecule has 39 heavy (non-hydrogen) atoms. The van der Waals surface area contributed by atoms with Gasteiger partial charge in [0.1, 0.15) is 11.7 Å². The van der Waals surface area contributed by atoms with Crippen molar-refractivity contribution in [1.29, 1.82) is 5.41 Å². The number of hydrogen-bond acceptors (Lipinski definition) is 7. The van der Waals surface area contributed by atoms with Gasteiger partial charge in [0, 0.05) is 55.6 Å². The summed E-state index contributed by atoms with van der Waals surface area (Å²) in [5, 5.41) is 13.5. The number of benzene rings is 2. The number of nitrogens with one attached hydrogen (secondary N) is 3. The molecule has 204 valence electrons. The Labute approximate surface area is 227 Å². The second kappa shape index (κ2) is 13.6. The monoisotopic (exact) mass is 529 g/mol. The van der Waals surface area contributed by atoms with Crippen LogP contribution in [0.1, 0.15) is 28.2 Å². The van der Waals surface area contributed by atoms with E-state index in [1.54, 1.807) is 42.5 Å². The largest absolute Gasteiger partial charge is 0.405 e. The van der Waals surface area contributed by atoms with Gasteiger partial charge >= 0.3 is 0 Å². The molecule has 0 aliphatic heterocycles. The lowest BCUT2D eigenvalue weighted by atomic mass is 10.1. The number of nitrogens with zero attached hydrogens (tertiary/aromatic N) is 3. The molecule has 0 fully saturated rings. The maximum absolute atomic E-state index is 13.5. The first-order valence-electron chi connectivity index (χ1n) is 12.4. The number of carbonyl (C=O) groups is 2. The van der Waals surface area contributed by atoms with E-state index in [-0.39, 0.29) is 30.6 Å². The van der Waals surface area contributed by atoms with E-state index >= 15 is 0 Å². The van der Waals surface area contributed by atoms with Crippen LogP contribution in [0.25, 0.3) is 11.0 Å². The van der Waals surface area contributed by atoms with Crippen LogP contribution in [-0.4, -0.2) is 51.7 Å². The van der Waals surface area contributed by atoms with Crippen LogP contribution in [0.3, 0.4) is 0 Å². The normalized spacial score (nSPS) is 11.2. The Balaban J connectivity index is 1.80. The van der Waals surface area contributed by atoms with Gasteiger partial charge in [0.25, 0.3) is 5.91 Å². The summed E-state index contributed by atoms with van der Waals surface area (Å²) in [7, 11) is 1.91. The first kappa shape index (κ1) is 28.7. The molecule has 0 atom stereocenters. The molecule has 11 heteroatoms. The quantitative estimate of drug-likeness (QED) is 0.111. The Morgan fingerprint density at radius 1 is 1.15 bits per heavy atom. The highest BCUT2D eigenvalue weighted by molar-refractivity contribution is 5.99. The van der Waals surface area contributed by atoms with Gasteiger partial charge in [-0.05, 0) is 60.8 Å². The van der Waals surface area contributed by atoms with Gasteiger partial charge < -0.3 is 37.3 Å².